The third-order valence-electron chi connectivity index (χ3n) is 3.76. The predicted octanol–water partition coefficient (Wildman–Crippen LogP) is 0.244. The average molecular weight is 278 g/mol. The molecule has 1 atom stereocenters. The van der Waals surface area contributed by atoms with Crippen molar-refractivity contribution in [2.75, 3.05) is 19.6 Å². The molecule has 1 aromatic heterocycles. The average Bonchev–Trinajstić information content (AvgIpc) is 2.82. The van der Waals surface area contributed by atoms with E-state index in [1.807, 2.05) is 0 Å². The van der Waals surface area contributed by atoms with Crippen LogP contribution >= 0.6 is 0 Å². The van der Waals surface area contributed by atoms with Gasteiger partial charge in [-0.15, -0.1) is 0 Å². The highest BCUT2D eigenvalue weighted by Gasteiger charge is 2.16. The standard InChI is InChI=1S/C14H22N4O2/c1-18-9-11(13(15)19)7-12(18)14(20)17-6-4-10-3-2-5-16-8-10/h7,9-10,16H,2-6,8H2,1H3,(H2,15,19)(H,17,20). The third-order valence-corrected chi connectivity index (χ3v) is 3.76. The maximum absolute atomic E-state index is 12.0. The number of nitrogens with two attached hydrogens (primary N) is 1. The number of hydrogen-bond acceptors (Lipinski definition) is 3. The smallest absolute Gasteiger partial charge is 0.267 e. The summed E-state index contributed by atoms with van der Waals surface area (Å²) in [5.74, 6) is -0.0460. The highest BCUT2D eigenvalue weighted by molar-refractivity contribution is 5.98. The second-order valence-corrected chi connectivity index (χ2v) is 5.35. The van der Waals surface area contributed by atoms with E-state index in [0.717, 1.165) is 19.5 Å². The van der Waals surface area contributed by atoms with Gasteiger partial charge >= 0.3 is 0 Å². The maximum Gasteiger partial charge on any atom is 0.267 e. The first-order valence-electron chi connectivity index (χ1n) is 7.03. The number of aromatic nitrogens is 1. The number of amides is 2. The van der Waals surface area contributed by atoms with Crippen LogP contribution in [0.5, 0.6) is 0 Å². The zero-order valence-electron chi connectivity index (χ0n) is 11.8. The quantitative estimate of drug-likeness (QED) is 0.721. The van der Waals surface area contributed by atoms with E-state index in [2.05, 4.69) is 10.6 Å². The van der Waals surface area contributed by atoms with E-state index < -0.39 is 5.91 Å². The first-order chi connectivity index (χ1) is 9.58. The van der Waals surface area contributed by atoms with Gasteiger partial charge in [-0.2, -0.15) is 0 Å². The molecule has 20 heavy (non-hydrogen) atoms. The zero-order chi connectivity index (χ0) is 14.5. The molecule has 1 saturated heterocycles. The van der Waals surface area contributed by atoms with E-state index >= 15 is 0 Å². The highest BCUT2D eigenvalue weighted by atomic mass is 16.2. The van der Waals surface area contributed by atoms with Crippen molar-refractivity contribution in [3.8, 4) is 0 Å². The van der Waals surface area contributed by atoms with Gasteiger partial charge in [0.15, 0.2) is 0 Å². The van der Waals surface area contributed by atoms with Gasteiger partial charge in [-0.3, -0.25) is 9.59 Å². The molecule has 0 bridgehead atoms. The van der Waals surface area contributed by atoms with Crippen molar-refractivity contribution in [2.45, 2.75) is 19.3 Å². The summed E-state index contributed by atoms with van der Waals surface area (Å²) in [4.78, 5) is 23.1. The number of carbonyl (C=O) groups is 2. The fraction of sp³-hybridized carbons (Fsp3) is 0.571. The molecule has 4 N–H and O–H groups in total. The molecule has 110 valence electrons. The Hall–Kier alpha value is -1.82. The minimum atomic E-state index is -0.520. The van der Waals surface area contributed by atoms with Crippen LogP contribution in [0.4, 0.5) is 0 Å². The van der Waals surface area contributed by atoms with Gasteiger partial charge < -0.3 is 20.9 Å². The molecule has 0 aliphatic carbocycles. The molecule has 1 fully saturated rings. The van der Waals surface area contributed by atoms with Crippen LogP contribution in [0.15, 0.2) is 12.3 Å². The van der Waals surface area contributed by atoms with E-state index in [1.165, 1.54) is 18.9 Å². The summed E-state index contributed by atoms with van der Waals surface area (Å²) in [6, 6.07) is 1.53. The minimum absolute atomic E-state index is 0.163. The van der Waals surface area contributed by atoms with Crippen LogP contribution in [0, 0.1) is 5.92 Å². The van der Waals surface area contributed by atoms with Gasteiger partial charge in [0.25, 0.3) is 5.91 Å². The molecule has 6 heteroatoms. The van der Waals surface area contributed by atoms with Crippen molar-refractivity contribution < 1.29 is 9.59 Å². The lowest BCUT2D eigenvalue weighted by Crippen LogP contribution is -2.33. The van der Waals surface area contributed by atoms with Crippen LogP contribution in [-0.2, 0) is 7.05 Å². The topological polar surface area (TPSA) is 89.2 Å². The molecular weight excluding hydrogens is 256 g/mol. The maximum atomic E-state index is 12.0. The largest absolute Gasteiger partial charge is 0.366 e. The van der Waals surface area contributed by atoms with Gasteiger partial charge in [0, 0.05) is 19.8 Å². The molecule has 2 rings (SSSR count). The summed E-state index contributed by atoms with van der Waals surface area (Å²) in [6.07, 6.45) is 4.98. The Morgan fingerprint density at radius 3 is 2.95 bits per heavy atom. The highest BCUT2D eigenvalue weighted by Crippen LogP contribution is 2.13. The lowest BCUT2D eigenvalue weighted by molar-refractivity contribution is 0.0942. The van der Waals surface area contributed by atoms with Gasteiger partial charge in [-0.25, -0.2) is 0 Å². The van der Waals surface area contributed by atoms with Crippen LogP contribution in [-0.4, -0.2) is 36.0 Å². The lowest BCUT2D eigenvalue weighted by atomic mass is 9.96. The SMILES string of the molecule is Cn1cc(C(N)=O)cc1C(=O)NCCC1CCCNC1. The van der Waals surface area contributed by atoms with Gasteiger partial charge in [-0.1, -0.05) is 0 Å². The number of rotatable bonds is 5. The molecule has 0 radical (unpaired) electrons. The Bertz CT molecular complexity index is 489. The number of piperidine rings is 1. The summed E-state index contributed by atoms with van der Waals surface area (Å²) in [5.41, 5.74) is 6.02. The van der Waals surface area contributed by atoms with Crippen molar-refractivity contribution >= 4 is 11.8 Å². The molecule has 1 unspecified atom stereocenters. The van der Waals surface area contributed by atoms with Crippen LogP contribution in [0.2, 0.25) is 0 Å². The normalized spacial score (nSPS) is 18.8. The van der Waals surface area contributed by atoms with Crippen LogP contribution < -0.4 is 16.4 Å². The third kappa shape index (κ3) is 3.60. The molecule has 0 spiro atoms. The number of nitrogens with one attached hydrogen (secondary N) is 2. The monoisotopic (exact) mass is 278 g/mol. The fourth-order valence-corrected chi connectivity index (χ4v) is 2.58. The van der Waals surface area contributed by atoms with E-state index in [4.69, 9.17) is 5.73 Å². The Labute approximate surface area is 118 Å². The molecule has 1 aliphatic rings. The van der Waals surface area contributed by atoms with E-state index in [9.17, 15) is 9.59 Å². The number of carbonyl (C=O) groups excluding carboxylic acids is 2. The Morgan fingerprint density at radius 1 is 1.55 bits per heavy atom. The van der Waals surface area contributed by atoms with E-state index in [-0.39, 0.29) is 5.91 Å². The Kier molecular flexibility index (Phi) is 4.79. The van der Waals surface area contributed by atoms with Crippen molar-refractivity contribution in [1.29, 1.82) is 0 Å². The van der Waals surface area contributed by atoms with Crippen molar-refractivity contribution in [3.05, 3.63) is 23.5 Å². The van der Waals surface area contributed by atoms with Crippen molar-refractivity contribution in [2.24, 2.45) is 18.7 Å². The first kappa shape index (κ1) is 14.6. The van der Waals surface area contributed by atoms with E-state index in [1.54, 1.807) is 17.8 Å². The van der Waals surface area contributed by atoms with Gasteiger partial charge in [0.05, 0.1) is 5.56 Å². The molecule has 1 aromatic rings. The second-order valence-electron chi connectivity index (χ2n) is 5.35. The number of hydrogen-bond donors (Lipinski definition) is 3. The fourth-order valence-electron chi connectivity index (χ4n) is 2.58. The number of primary amides is 1. The summed E-state index contributed by atoms with van der Waals surface area (Å²) < 4.78 is 1.62. The number of nitrogens with zero attached hydrogens (tertiary/aromatic N) is 1. The van der Waals surface area contributed by atoms with Gasteiger partial charge in [0.2, 0.25) is 5.91 Å². The molecular formula is C14H22N4O2. The summed E-state index contributed by atoms with van der Waals surface area (Å²) in [7, 11) is 1.73. The van der Waals surface area contributed by atoms with Crippen molar-refractivity contribution in [3.63, 3.8) is 0 Å². The van der Waals surface area contributed by atoms with Crippen LogP contribution in [0.1, 0.15) is 40.1 Å². The predicted molar refractivity (Wildman–Crippen MR) is 76.5 cm³/mol. The molecule has 0 aromatic carbocycles. The van der Waals surface area contributed by atoms with Gasteiger partial charge in [-0.05, 0) is 44.3 Å². The molecule has 0 saturated carbocycles. The Balaban J connectivity index is 1.83. The first-order valence-corrected chi connectivity index (χ1v) is 7.03. The summed E-state index contributed by atoms with van der Waals surface area (Å²) in [5, 5.41) is 6.26. The van der Waals surface area contributed by atoms with Gasteiger partial charge in [0.1, 0.15) is 5.69 Å². The zero-order valence-corrected chi connectivity index (χ0v) is 11.8. The lowest BCUT2D eigenvalue weighted by Gasteiger charge is -2.22. The van der Waals surface area contributed by atoms with Crippen LogP contribution in [0.3, 0.4) is 0 Å². The summed E-state index contributed by atoms with van der Waals surface area (Å²) in [6.45, 7) is 2.79. The molecule has 2 amide bonds. The van der Waals surface area contributed by atoms with E-state index in [0.29, 0.717) is 23.7 Å². The summed E-state index contributed by atoms with van der Waals surface area (Å²) >= 11 is 0. The molecule has 6 nitrogen and oxygen atoms in total. The van der Waals surface area contributed by atoms with Crippen LogP contribution in [0.25, 0.3) is 0 Å². The minimum Gasteiger partial charge on any atom is -0.366 e. The Morgan fingerprint density at radius 2 is 2.35 bits per heavy atom. The molecule has 1 aliphatic heterocycles. The van der Waals surface area contributed by atoms with Crippen molar-refractivity contribution in [1.82, 2.24) is 15.2 Å². The molecule has 2 heterocycles. The number of aryl methyl sites for hydroxylation is 1. The second kappa shape index (κ2) is 6.56.